The number of hydrogen-bond donors (Lipinski definition) is 3. The van der Waals surface area contributed by atoms with Crippen molar-refractivity contribution in [3.63, 3.8) is 0 Å². The van der Waals surface area contributed by atoms with E-state index in [0.29, 0.717) is 33.5 Å². The van der Waals surface area contributed by atoms with Crippen molar-refractivity contribution in [1.29, 1.82) is 0 Å². The molecule has 1 aromatic carbocycles. The number of piperidine rings is 1. The summed E-state index contributed by atoms with van der Waals surface area (Å²) in [6, 6.07) is 4.62. The number of H-pyrrole nitrogens is 1. The summed E-state index contributed by atoms with van der Waals surface area (Å²) >= 11 is 12.0. The average molecular weight is 464 g/mol. The van der Waals surface area contributed by atoms with Crippen LogP contribution in [0.4, 0.5) is 17.5 Å². The highest BCUT2D eigenvalue weighted by molar-refractivity contribution is 6.35. The van der Waals surface area contributed by atoms with Crippen molar-refractivity contribution in [3.8, 4) is 0 Å². The van der Waals surface area contributed by atoms with Gasteiger partial charge in [0.05, 0.1) is 11.5 Å². The zero-order valence-corrected chi connectivity index (χ0v) is 18.7. The Morgan fingerprint density at radius 1 is 1.13 bits per heavy atom. The minimum Gasteiger partial charge on any atom is -0.342 e. The molecule has 0 spiro atoms. The van der Waals surface area contributed by atoms with Gasteiger partial charge < -0.3 is 15.5 Å². The average Bonchev–Trinajstić information content (AvgIpc) is 2.65. The summed E-state index contributed by atoms with van der Waals surface area (Å²) in [4.78, 5) is 47.6. The third kappa shape index (κ3) is 4.70. The van der Waals surface area contributed by atoms with Gasteiger partial charge in [0.25, 0.3) is 5.56 Å². The topological polar surface area (TPSA) is 107 Å². The molecule has 4 rings (SSSR count). The summed E-state index contributed by atoms with van der Waals surface area (Å²) in [6.45, 7) is 5.84. The van der Waals surface area contributed by atoms with Crippen LogP contribution >= 0.6 is 23.2 Å². The van der Waals surface area contributed by atoms with Crippen molar-refractivity contribution < 1.29 is 9.59 Å². The summed E-state index contributed by atoms with van der Waals surface area (Å²) in [6.07, 6.45) is 0.952. The van der Waals surface area contributed by atoms with Crippen molar-refractivity contribution >= 4 is 52.5 Å². The molecule has 2 aromatic rings. The minimum atomic E-state index is -0.981. The standard InChI is InChI=1S/C21H23Cl2N5O3/c1-10-3-11(2)9-28(8-10)21-26-18-17(20(31)27-21)15(7-16(29)25-18)19(30)24-14-5-12(22)4-13(23)6-14/h4-6,10-11,15H,3,7-9H2,1-2H3,(H,24,30)(H2,25,26,27,29,31)/t10-,11+,15-/m1/s1. The molecule has 1 fully saturated rings. The Balaban J connectivity index is 1.65. The number of carbonyl (C=O) groups is 2. The van der Waals surface area contributed by atoms with Crippen LogP contribution < -0.4 is 21.1 Å². The first-order valence-electron chi connectivity index (χ1n) is 10.2. The summed E-state index contributed by atoms with van der Waals surface area (Å²) in [5.41, 5.74) is 0.0922. The first kappa shape index (κ1) is 21.6. The van der Waals surface area contributed by atoms with E-state index in [4.69, 9.17) is 23.2 Å². The van der Waals surface area contributed by atoms with E-state index in [1.807, 2.05) is 4.90 Å². The molecule has 1 saturated heterocycles. The van der Waals surface area contributed by atoms with Gasteiger partial charge in [-0.3, -0.25) is 19.4 Å². The monoisotopic (exact) mass is 463 g/mol. The molecule has 2 aliphatic rings. The first-order chi connectivity index (χ1) is 14.7. The minimum absolute atomic E-state index is 0.130. The maximum atomic E-state index is 13.0. The van der Waals surface area contributed by atoms with E-state index in [-0.39, 0.29) is 23.7 Å². The second-order valence-corrected chi connectivity index (χ2v) is 9.33. The number of aromatic amines is 1. The molecule has 1 aromatic heterocycles. The van der Waals surface area contributed by atoms with Crippen LogP contribution in [0, 0.1) is 11.8 Å². The van der Waals surface area contributed by atoms with Gasteiger partial charge in [0.2, 0.25) is 17.8 Å². The highest BCUT2D eigenvalue weighted by atomic mass is 35.5. The van der Waals surface area contributed by atoms with Gasteiger partial charge in [-0.2, -0.15) is 4.98 Å². The number of amides is 2. The van der Waals surface area contributed by atoms with Crippen molar-refractivity contribution in [2.24, 2.45) is 11.8 Å². The lowest BCUT2D eigenvalue weighted by molar-refractivity contribution is -0.123. The van der Waals surface area contributed by atoms with E-state index < -0.39 is 17.4 Å². The van der Waals surface area contributed by atoms with Crippen LogP contribution in [0.2, 0.25) is 10.0 Å². The normalized spacial score (nSPS) is 23.2. The molecule has 2 aliphatic heterocycles. The van der Waals surface area contributed by atoms with Crippen LogP contribution in [0.25, 0.3) is 0 Å². The number of nitrogens with zero attached hydrogens (tertiary/aromatic N) is 2. The van der Waals surface area contributed by atoms with Crippen LogP contribution in [0.15, 0.2) is 23.0 Å². The number of carbonyl (C=O) groups excluding carboxylic acids is 2. The van der Waals surface area contributed by atoms with E-state index in [9.17, 15) is 14.4 Å². The van der Waals surface area contributed by atoms with Gasteiger partial charge in [-0.05, 0) is 36.5 Å². The van der Waals surface area contributed by atoms with E-state index in [0.717, 1.165) is 19.5 Å². The number of benzene rings is 1. The van der Waals surface area contributed by atoms with Gasteiger partial charge in [0.15, 0.2) is 0 Å². The number of nitrogens with one attached hydrogen (secondary N) is 3. The Hall–Kier alpha value is -2.58. The number of rotatable bonds is 3. The molecule has 8 nitrogen and oxygen atoms in total. The summed E-state index contributed by atoms with van der Waals surface area (Å²) in [5.74, 6) is -0.400. The number of fused-ring (bicyclic) bond motifs is 1. The van der Waals surface area contributed by atoms with Gasteiger partial charge in [0.1, 0.15) is 5.82 Å². The number of halogens is 2. The van der Waals surface area contributed by atoms with Crippen LogP contribution in [0.1, 0.15) is 38.2 Å². The van der Waals surface area contributed by atoms with Crippen molar-refractivity contribution in [2.75, 3.05) is 28.6 Å². The highest BCUT2D eigenvalue weighted by Gasteiger charge is 2.35. The largest absolute Gasteiger partial charge is 0.342 e. The molecule has 31 heavy (non-hydrogen) atoms. The lowest BCUT2D eigenvalue weighted by Gasteiger charge is -2.35. The summed E-state index contributed by atoms with van der Waals surface area (Å²) < 4.78 is 0. The second-order valence-electron chi connectivity index (χ2n) is 8.46. The lowest BCUT2D eigenvalue weighted by atomic mass is 9.91. The van der Waals surface area contributed by atoms with Gasteiger partial charge in [0, 0.05) is 35.2 Å². The number of aromatic nitrogens is 2. The first-order valence-corrected chi connectivity index (χ1v) is 10.9. The van der Waals surface area contributed by atoms with E-state index in [2.05, 4.69) is 34.4 Å². The van der Waals surface area contributed by atoms with E-state index in [1.54, 1.807) is 18.2 Å². The fourth-order valence-electron chi connectivity index (χ4n) is 4.42. The van der Waals surface area contributed by atoms with Crippen molar-refractivity contribution in [2.45, 2.75) is 32.6 Å². The molecule has 3 atom stereocenters. The zero-order chi connectivity index (χ0) is 22.3. The Morgan fingerprint density at radius 3 is 2.42 bits per heavy atom. The maximum Gasteiger partial charge on any atom is 0.258 e. The van der Waals surface area contributed by atoms with Gasteiger partial charge in [-0.25, -0.2) is 0 Å². The Bertz CT molecular complexity index is 1070. The number of anilines is 3. The van der Waals surface area contributed by atoms with Gasteiger partial charge in [-0.1, -0.05) is 37.0 Å². The quantitative estimate of drug-likeness (QED) is 0.643. The Labute approximate surface area is 189 Å². The third-order valence-corrected chi connectivity index (χ3v) is 5.99. The Morgan fingerprint density at radius 2 is 1.77 bits per heavy atom. The highest BCUT2D eigenvalue weighted by Crippen LogP contribution is 2.32. The molecule has 2 amide bonds. The summed E-state index contributed by atoms with van der Waals surface area (Å²) in [5, 5.41) is 6.06. The molecule has 0 aliphatic carbocycles. The Kier molecular flexibility index (Phi) is 5.94. The fourth-order valence-corrected chi connectivity index (χ4v) is 4.95. The molecule has 10 heteroatoms. The molecule has 0 bridgehead atoms. The van der Waals surface area contributed by atoms with Gasteiger partial charge >= 0.3 is 0 Å². The van der Waals surface area contributed by atoms with E-state index in [1.165, 1.54) is 0 Å². The predicted octanol–water partition coefficient (Wildman–Crippen LogP) is 3.62. The van der Waals surface area contributed by atoms with E-state index >= 15 is 0 Å². The molecular formula is C21H23Cl2N5O3. The van der Waals surface area contributed by atoms with Crippen LogP contribution in [0.3, 0.4) is 0 Å². The lowest BCUT2D eigenvalue weighted by Crippen LogP contribution is -2.42. The predicted molar refractivity (Wildman–Crippen MR) is 121 cm³/mol. The maximum absolute atomic E-state index is 13.0. The summed E-state index contributed by atoms with van der Waals surface area (Å²) in [7, 11) is 0. The molecule has 3 N–H and O–H groups in total. The zero-order valence-electron chi connectivity index (χ0n) is 17.2. The molecule has 3 heterocycles. The third-order valence-electron chi connectivity index (χ3n) is 5.55. The fraction of sp³-hybridized carbons (Fsp3) is 0.429. The smallest absolute Gasteiger partial charge is 0.258 e. The van der Waals surface area contributed by atoms with Crippen LogP contribution in [-0.2, 0) is 9.59 Å². The second kappa shape index (κ2) is 8.51. The van der Waals surface area contributed by atoms with Gasteiger partial charge in [-0.15, -0.1) is 0 Å². The number of hydrogen-bond acceptors (Lipinski definition) is 5. The van der Waals surface area contributed by atoms with Crippen molar-refractivity contribution in [1.82, 2.24) is 9.97 Å². The molecule has 0 radical (unpaired) electrons. The van der Waals surface area contributed by atoms with Crippen LogP contribution in [0.5, 0.6) is 0 Å². The van der Waals surface area contributed by atoms with Crippen molar-refractivity contribution in [3.05, 3.63) is 44.2 Å². The molecule has 164 valence electrons. The molecule has 0 unspecified atom stereocenters. The molecular weight excluding hydrogens is 441 g/mol. The molecule has 0 saturated carbocycles. The SMILES string of the molecule is C[C@@H]1C[C@H](C)CN(c2nc3c(c(=O)[nH]2)[C@H](C(=O)Nc2cc(Cl)cc(Cl)c2)CC(=O)N3)C1. The van der Waals surface area contributed by atoms with Crippen LogP contribution in [-0.4, -0.2) is 34.9 Å².